The van der Waals surface area contributed by atoms with Crippen LogP contribution in [0.25, 0.3) is 0 Å². The lowest BCUT2D eigenvalue weighted by atomic mass is 10.1. The third kappa shape index (κ3) is 2.09. The van der Waals surface area contributed by atoms with E-state index in [4.69, 9.17) is 26.3 Å². The van der Waals surface area contributed by atoms with Gasteiger partial charge in [0.05, 0.1) is 31.7 Å². The molecule has 0 spiro atoms. The van der Waals surface area contributed by atoms with E-state index in [1.807, 2.05) is 6.07 Å². The molecule has 3 nitrogen and oxygen atoms in total. The van der Waals surface area contributed by atoms with Crippen molar-refractivity contribution >= 4 is 11.6 Å². The van der Waals surface area contributed by atoms with E-state index in [-0.39, 0.29) is 6.42 Å². The first kappa shape index (κ1) is 10.7. The van der Waals surface area contributed by atoms with Gasteiger partial charge in [-0.2, -0.15) is 5.26 Å². The first-order valence-electron chi connectivity index (χ1n) is 4.00. The van der Waals surface area contributed by atoms with Crippen molar-refractivity contribution in [1.82, 2.24) is 0 Å². The number of halogens is 1. The quantitative estimate of drug-likeness (QED) is 0.771. The lowest BCUT2D eigenvalue weighted by Gasteiger charge is -2.09. The van der Waals surface area contributed by atoms with Crippen LogP contribution in [0.4, 0.5) is 0 Å². The third-order valence-electron chi connectivity index (χ3n) is 1.82. The Morgan fingerprint density at radius 1 is 1.29 bits per heavy atom. The molecule has 0 aliphatic heterocycles. The van der Waals surface area contributed by atoms with Crippen molar-refractivity contribution in [1.29, 1.82) is 5.26 Å². The minimum absolute atomic E-state index is 0.271. The molecule has 0 saturated heterocycles. The fourth-order valence-electron chi connectivity index (χ4n) is 1.15. The van der Waals surface area contributed by atoms with Crippen LogP contribution >= 0.6 is 11.6 Å². The summed E-state index contributed by atoms with van der Waals surface area (Å²) in [4.78, 5) is 0. The van der Waals surface area contributed by atoms with Gasteiger partial charge in [-0.3, -0.25) is 0 Å². The van der Waals surface area contributed by atoms with Gasteiger partial charge in [-0.1, -0.05) is 11.6 Å². The summed E-state index contributed by atoms with van der Waals surface area (Å²) in [6.07, 6.45) is 0.271. The molecule has 0 heterocycles. The standard InChI is InChI=1S/C10H10ClNO2/c1-13-9-6-10(14-2)8(11)5-7(9)3-4-12/h5-6H,3H2,1-2H3. The van der Waals surface area contributed by atoms with Crippen molar-refractivity contribution in [3.05, 3.63) is 22.7 Å². The summed E-state index contributed by atoms with van der Waals surface area (Å²) in [5.41, 5.74) is 0.765. The molecule has 0 amide bonds. The molecule has 14 heavy (non-hydrogen) atoms. The van der Waals surface area contributed by atoms with Crippen molar-refractivity contribution in [2.24, 2.45) is 0 Å². The maximum Gasteiger partial charge on any atom is 0.141 e. The van der Waals surface area contributed by atoms with Crippen LogP contribution < -0.4 is 9.47 Å². The maximum absolute atomic E-state index is 8.58. The Hall–Kier alpha value is -1.40. The normalized spacial score (nSPS) is 9.29. The number of ether oxygens (including phenoxy) is 2. The molecule has 4 heteroatoms. The lowest BCUT2D eigenvalue weighted by Crippen LogP contribution is -1.93. The lowest BCUT2D eigenvalue weighted by molar-refractivity contribution is 0.392. The molecule has 0 aliphatic rings. The Bertz CT molecular complexity index is 371. The van der Waals surface area contributed by atoms with Crippen molar-refractivity contribution in [3.8, 4) is 17.6 Å². The van der Waals surface area contributed by atoms with E-state index >= 15 is 0 Å². The van der Waals surface area contributed by atoms with Crippen LogP contribution in [0, 0.1) is 11.3 Å². The predicted molar refractivity (Wildman–Crippen MR) is 53.9 cm³/mol. The molecule has 0 radical (unpaired) electrons. The van der Waals surface area contributed by atoms with Gasteiger partial charge < -0.3 is 9.47 Å². The summed E-state index contributed by atoms with van der Waals surface area (Å²) < 4.78 is 10.1. The van der Waals surface area contributed by atoms with Gasteiger partial charge >= 0.3 is 0 Å². The fourth-order valence-corrected chi connectivity index (χ4v) is 1.41. The minimum Gasteiger partial charge on any atom is -0.496 e. The molecule has 1 aromatic carbocycles. The zero-order valence-electron chi connectivity index (χ0n) is 8.00. The van der Waals surface area contributed by atoms with E-state index in [2.05, 4.69) is 0 Å². The molecule has 1 rings (SSSR count). The van der Waals surface area contributed by atoms with Gasteiger partial charge in [-0.15, -0.1) is 0 Å². The SMILES string of the molecule is COc1cc(OC)c(CC#N)cc1Cl. The van der Waals surface area contributed by atoms with Crippen LogP contribution in [0.15, 0.2) is 12.1 Å². The Balaban J connectivity index is 3.18. The van der Waals surface area contributed by atoms with Crippen molar-refractivity contribution in [2.45, 2.75) is 6.42 Å². The number of methoxy groups -OCH3 is 2. The zero-order valence-corrected chi connectivity index (χ0v) is 8.76. The Labute approximate surface area is 87.8 Å². The average Bonchev–Trinajstić information content (AvgIpc) is 2.19. The molecule has 0 atom stereocenters. The van der Waals surface area contributed by atoms with E-state index in [9.17, 15) is 0 Å². The summed E-state index contributed by atoms with van der Waals surface area (Å²) >= 11 is 5.90. The van der Waals surface area contributed by atoms with E-state index in [1.54, 1.807) is 19.2 Å². The Morgan fingerprint density at radius 2 is 1.93 bits per heavy atom. The molecular weight excluding hydrogens is 202 g/mol. The molecule has 0 bridgehead atoms. The summed E-state index contributed by atoms with van der Waals surface area (Å²) in [5, 5.41) is 9.06. The zero-order chi connectivity index (χ0) is 10.6. The molecule has 0 aliphatic carbocycles. The third-order valence-corrected chi connectivity index (χ3v) is 2.12. The van der Waals surface area contributed by atoms with Crippen molar-refractivity contribution in [2.75, 3.05) is 14.2 Å². The second kappa shape index (κ2) is 4.73. The molecule has 1 aromatic rings. The van der Waals surface area contributed by atoms with Crippen LogP contribution in [0.3, 0.4) is 0 Å². The summed E-state index contributed by atoms with van der Waals surface area (Å²) in [6.45, 7) is 0. The van der Waals surface area contributed by atoms with Crippen LogP contribution in [0.2, 0.25) is 5.02 Å². The Morgan fingerprint density at radius 3 is 2.43 bits per heavy atom. The van der Waals surface area contributed by atoms with Gasteiger partial charge in [-0.25, -0.2) is 0 Å². The van der Waals surface area contributed by atoms with Crippen LogP contribution in [-0.2, 0) is 6.42 Å². The molecule has 74 valence electrons. The monoisotopic (exact) mass is 211 g/mol. The number of hydrogen-bond donors (Lipinski definition) is 0. The van der Waals surface area contributed by atoms with Gasteiger partial charge in [0.15, 0.2) is 0 Å². The van der Waals surface area contributed by atoms with Gasteiger partial charge in [0, 0.05) is 11.6 Å². The van der Waals surface area contributed by atoms with Crippen molar-refractivity contribution < 1.29 is 9.47 Å². The summed E-state index contributed by atoms with van der Waals surface area (Å²) in [6, 6.07) is 5.40. The topological polar surface area (TPSA) is 42.2 Å². The number of hydrogen-bond acceptors (Lipinski definition) is 3. The van der Waals surface area contributed by atoms with Crippen LogP contribution in [-0.4, -0.2) is 14.2 Å². The second-order valence-electron chi connectivity index (χ2n) is 2.63. The van der Waals surface area contributed by atoms with Crippen molar-refractivity contribution in [3.63, 3.8) is 0 Å². The van der Waals surface area contributed by atoms with E-state index in [1.165, 1.54) is 7.11 Å². The predicted octanol–water partition coefficient (Wildman–Crippen LogP) is 2.42. The summed E-state index contributed by atoms with van der Waals surface area (Å²) in [7, 11) is 3.08. The number of rotatable bonds is 3. The van der Waals surface area contributed by atoms with Gasteiger partial charge in [0.1, 0.15) is 11.5 Å². The first-order chi connectivity index (χ1) is 6.72. The highest BCUT2D eigenvalue weighted by molar-refractivity contribution is 6.32. The smallest absolute Gasteiger partial charge is 0.141 e. The fraction of sp³-hybridized carbons (Fsp3) is 0.300. The molecule has 0 N–H and O–H groups in total. The summed E-state index contributed by atoms with van der Waals surface area (Å²) in [5.74, 6) is 1.16. The number of nitrogens with zero attached hydrogens (tertiary/aromatic N) is 1. The highest BCUT2D eigenvalue weighted by Crippen LogP contribution is 2.32. The molecule has 0 fully saturated rings. The molecular formula is C10H10ClNO2. The minimum atomic E-state index is 0.271. The van der Waals surface area contributed by atoms with Crippen LogP contribution in [0.1, 0.15) is 5.56 Å². The highest BCUT2D eigenvalue weighted by atomic mass is 35.5. The Kier molecular flexibility index (Phi) is 3.61. The average molecular weight is 212 g/mol. The van der Waals surface area contributed by atoms with Gasteiger partial charge in [-0.05, 0) is 6.07 Å². The molecule has 0 unspecified atom stereocenters. The van der Waals surface area contributed by atoms with Gasteiger partial charge in [0.25, 0.3) is 0 Å². The van der Waals surface area contributed by atoms with E-state index in [0.717, 1.165) is 5.56 Å². The largest absolute Gasteiger partial charge is 0.496 e. The first-order valence-corrected chi connectivity index (χ1v) is 4.38. The molecule has 0 aromatic heterocycles. The highest BCUT2D eigenvalue weighted by Gasteiger charge is 2.08. The molecule has 0 saturated carbocycles. The second-order valence-corrected chi connectivity index (χ2v) is 3.04. The van der Waals surface area contributed by atoms with E-state index in [0.29, 0.717) is 16.5 Å². The number of benzene rings is 1. The maximum atomic E-state index is 8.58. The van der Waals surface area contributed by atoms with E-state index < -0.39 is 0 Å². The van der Waals surface area contributed by atoms with Gasteiger partial charge in [0.2, 0.25) is 0 Å². The van der Waals surface area contributed by atoms with Crippen LogP contribution in [0.5, 0.6) is 11.5 Å². The number of nitriles is 1.